The second kappa shape index (κ2) is 5.17. The topological polar surface area (TPSA) is 25.2 Å². The van der Waals surface area contributed by atoms with E-state index < -0.39 is 11.7 Å². The molecule has 0 aliphatic carbocycles. The Morgan fingerprint density at radius 3 is 2.58 bits per heavy atom. The molecule has 1 aromatic heterocycles. The standard InChI is InChI=1S/C13H11ClF3NO/c1-8-4-5-19-12(8)7-18-9-2-3-11(14)10(6-9)13(15,16)17/h2-6,18H,7H2,1H3. The summed E-state index contributed by atoms with van der Waals surface area (Å²) in [5.74, 6) is 0.684. The number of furan rings is 1. The minimum Gasteiger partial charge on any atom is -0.467 e. The van der Waals surface area contributed by atoms with Gasteiger partial charge < -0.3 is 9.73 Å². The van der Waals surface area contributed by atoms with Crippen molar-refractivity contribution in [3.05, 3.63) is 52.4 Å². The van der Waals surface area contributed by atoms with Crippen molar-refractivity contribution in [1.29, 1.82) is 0 Å². The van der Waals surface area contributed by atoms with Crippen LogP contribution in [-0.2, 0) is 12.7 Å². The van der Waals surface area contributed by atoms with E-state index in [0.29, 0.717) is 18.0 Å². The first-order valence-electron chi connectivity index (χ1n) is 5.51. The molecule has 1 aromatic carbocycles. The Kier molecular flexibility index (Phi) is 3.75. The summed E-state index contributed by atoms with van der Waals surface area (Å²) in [6, 6.07) is 5.50. The first-order valence-corrected chi connectivity index (χ1v) is 5.89. The molecule has 0 aliphatic rings. The summed E-state index contributed by atoms with van der Waals surface area (Å²) in [7, 11) is 0. The van der Waals surface area contributed by atoms with E-state index in [1.807, 2.05) is 6.92 Å². The van der Waals surface area contributed by atoms with E-state index in [2.05, 4.69) is 5.32 Å². The number of rotatable bonds is 3. The Bertz CT molecular complexity index is 578. The predicted octanol–water partition coefficient (Wildman–Crippen LogP) is 4.87. The number of nitrogens with one attached hydrogen (secondary N) is 1. The summed E-state index contributed by atoms with van der Waals surface area (Å²) >= 11 is 5.54. The van der Waals surface area contributed by atoms with Gasteiger partial charge in [-0.15, -0.1) is 0 Å². The molecule has 0 amide bonds. The van der Waals surface area contributed by atoms with Gasteiger partial charge >= 0.3 is 6.18 Å². The van der Waals surface area contributed by atoms with Crippen LogP contribution < -0.4 is 5.32 Å². The number of anilines is 1. The molecule has 2 rings (SSSR count). The quantitative estimate of drug-likeness (QED) is 0.872. The Morgan fingerprint density at radius 1 is 1.26 bits per heavy atom. The maximum Gasteiger partial charge on any atom is 0.417 e. The average molecular weight is 290 g/mol. The van der Waals surface area contributed by atoms with Gasteiger partial charge in [-0.25, -0.2) is 0 Å². The lowest BCUT2D eigenvalue weighted by atomic mass is 10.2. The summed E-state index contributed by atoms with van der Waals surface area (Å²) in [6.45, 7) is 2.18. The zero-order chi connectivity index (χ0) is 14.0. The van der Waals surface area contributed by atoms with Crippen molar-refractivity contribution >= 4 is 17.3 Å². The summed E-state index contributed by atoms with van der Waals surface area (Å²) in [6.07, 6.45) is -2.93. The van der Waals surface area contributed by atoms with Crippen molar-refractivity contribution in [3.8, 4) is 0 Å². The Labute approximate surface area is 113 Å². The smallest absolute Gasteiger partial charge is 0.417 e. The number of hydrogen-bond donors (Lipinski definition) is 1. The predicted molar refractivity (Wildman–Crippen MR) is 67.2 cm³/mol. The van der Waals surface area contributed by atoms with Crippen molar-refractivity contribution in [2.24, 2.45) is 0 Å². The van der Waals surface area contributed by atoms with Crippen LogP contribution in [-0.4, -0.2) is 0 Å². The summed E-state index contributed by atoms with van der Waals surface area (Å²) in [4.78, 5) is 0. The fourth-order valence-electron chi connectivity index (χ4n) is 1.62. The molecular weight excluding hydrogens is 279 g/mol. The molecule has 0 unspecified atom stereocenters. The van der Waals surface area contributed by atoms with Gasteiger partial charge in [-0.05, 0) is 36.8 Å². The molecule has 6 heteroatoms. The van der Waals surface area contributed by atoms with Gasteiger partial charge in [0.05, 0.1) is 23.4 Å². The highest BCUT2D eigenvalue weighted by Crippen LogP contribution is 2.36. The molecule has 19 heavy (non-hydrogen) atoms. The number of alkyl halides is 3. The SMILES string of the molecule is Cc1ccoc1CNc1ccc(Cl)c(C(F)(F)F)c1. The lowest BCUT2D eigenvalue weighted by Crippen LogP contribution is -2.07. The Hall–Kier alpha value is -1.62. The van der Waals surface area contributed by atoms with Crippen molar-refractivity contribution in [1.82, 2.24) is 0 Å². The molecule has 1 heterocycles. The van der Waals surface area contributed by atoms with Gasteiger partial charge in [-0.2, -0.15) is 13.2 Å². The van der Waals surface area contributed by atoms with Gasteiger partial charge in [0.2, 0.25) is 0 Å². The van der Waals surface area contributed by atoms with E-state index >= 15 is 0 Å². The van der Waals surface area contributed by atoms with E-state index in [1.54, 1.807) is 6.07 Å². The monoisotopic (exact) mass is 289 g/mol. The second-order valence-electron chi connectivity index (χ2n) is 4.07. The lowest BCUT2D eigenvalue weighted by Gasteiger charge is -2.12. The third kappa shape index (κ3) is 3.23. The van der Waals surface area contributed by atoms with Crippen molar-refractivity contribution in [2.75, 3.05) is 5.32 Å². The van der Waals surface area contributed by atoms with Gasteiger partial charge in [0.1, 0.15) is 5.76 Å². The van der Waals surface area contributed by atoms with Crippen molar-refractivity contribution < 1.29 is 17.6 Å². The van der Waals surface area contributed by atoms with Crippen molar-refractivity contribution in [3.63, 3.8) is 0 Å². The first kappa shape index (κ1) is 13.8. The number of halogens is 4. The highest BCUT2D eigenvalue weighted by Gasteiger charge is 2.33. The van der Waals surface area contributed by atoms with Crippen LogP contribution in [0.15, 0.2) is 34.9 Å². The lowest BCUT2D eigenvalue weighted by molar-refractivity contribution is -0.137. The molecule has 0 bridgehead atoms. The van der Waals surface area contributed by atoms with Gasteiger partial charge in [0, 0.05) is 5.69 Å². The molecule has 0 aliphatic heterocycles. The van der Waals surface area contributed by atoms with Crippen LogP contribution in [0.25, 0.3) is 0 Å². The molecule has 2 nitrogen and oxygen atoms in total. The molecule has 102 valence electrons. The van der Waals surface area contributed by atoms with Crippen LogP contribution in [0, 0.1) is 6.92 Å². The minimum atomic E-state index is -4.46. The van der Waals surface area contributed by atoms with E-state index in [4.69, 9.17) is 16.0 Å². The van der Waals surface area contributed by atoms with Crippen LogP contribution in [0.4, 0.5) is 18.9 Å². The molecule has 2 aromatic rings. The summed E-state index contributed by atoms with van der Waals surface area (Å²) in [5.41, 5.74) is 0.431. The zero-order valence-electron chi connectivity index (χ0n) is 10.0. The van der Waals surface area contributed by atoms with E-state index in [0.717, 1.165) is 11.6 Å². The summed E-state index contributed by atoms with van der Waals surface area (Å²) < 4.78 is 43.2. The molecule has 0 radical (unpaired) electrons. The Balaban J connectivity index is 2.16. The molecule has 0 fully saturated rings. The van der Waals surface area contributed by atoms with Gasteiger partial charge in [-0.1, -0.05) is 11.6 Å². The Morgan fingerprint density at radius 2 is 2.00 bits per heavy atom. The van der Waals surface area contributed by atoms with Crippen LogP contribution in [0.3, 0.4) is 0 Å². The van der Waals surface area contributed by atoms with Crippen LogP contribution in [0.1, 0.15) is 16.9 Å². The van der Waals surface area contributed by atoms with Crippen molar-refractivity contribution in [2.45, 2.75) is 19.6 Å². The number of aryl methyl sites for hydroxylation is 1. The molecule has 0 saturated carbocycles. The van der Waals surface area contributed by atoms with E-state index in [9.17, 15) is 13.2 Å². The maximum absolute atomic E-state index is 12.7. The summed E-state index contributed by atoms with van der Waals surface area (Å²) in [5, 5.41) is 2.56. The highest BCUT2D eigenvalue weighted by atomic mass is 35.5. The molecule has 0 saturated heterocycles. The minimum absolute atomic E-state index is 0.313. The fraction of sp³-hybridized carbons (Fsp3) is 0.231. The molecule has 0 spiro atoms. The molecule has 1 N–H and O–H groups in total. The largest absolute Gasteiger partial charge is 0.467 e. The third-order valence-corrected chi connectivity index (χ3v) is 3.02. The van der Waals surface area contributed by atoms with Gasteiger partial charge in [0.15, 0.2) is 0 Å². The third-order valence-electron chi connectivity index (χ3n) is 2.69. The van der Waals surface area contributed by atoms with Crippen LogP contribution in [0.2, 0.25) is 5.02 Å². The molecular formula is C13H11ClF3NO. The fourth-order valence-corrected chi connectivity index (χ4v) is 1.84. The van der Waals surface area contributed by atoms with Gasteiger partial charge in [0.25, 0.3) is 0 Å². The van der Waals surface area contributed by atoms with E-state index in [1.165, 1.54) is 18.4 Å². The highest BCUT2D eigenvalue weighted by molar-refractivity contribution is 6.31. The number of benzene rings is 1. The van der Waals surface area contributed by atoms with Gasteiger partial charge in [-0.3, -0.25) is 0 Å². The maximum atomic E-state index is 12.7. The normalized spacial score (nSPS) is 11.6. The zero-order valence-corrected chi connectivity index (χ0v) is 10.8. The van der Waals surface area contributed by atoms with E-state index in [-0.39, 0.29) is 5.02 Å². The average Bonchev–Trinajstić information content (AvgIpc) is 2.72. The van der Waals surface area contributed by atoms with Crippen LogP contribution in [0.5, 0.6) is 0 Å². The number of hydrogen-bond acceptors (Lipinski definition) is 2. The first-order chi connectivity index (χ1) is 8.88. The second-order valence-corrected chi connectivity index (χ2v) is 4.48. The van der Waals surface area contributed by atoms with Crippen LogP contribution >= 0.6 is 11.6 Å². The molecule has 0 atom stereocenters.